The van der Waals surface area contributed by atoms with Gasteiger partial charge in [-0.1, -0.05) is 20.8 Å². The van der Waals surface area contributed by atoms with Crippen LogP contribution in [-0.2, 0) is 43.7 Å². The van der Waals surface area contributed by atoms with Gasteiger partial charge < -0.3 is 20.0 Å². The smallest absolute Gasteiger partial charge is 0.220 e. The van der Waals surface area contributed by atoms with Gasteiger partial charge in [0.1, 0.15) is 32.3 Å². The normalized spacial score (nSPS) is 34.9. The summed E-state index contributed by atoms with van der Waals surface area (Å²) in [6.07, 6.45) is 11.5. The molecule has 0 aromatic carbocycles. The first-order valence-electron chi connectivity index (χ1n) is 18.9. The summed E-state index contributed by atoms with van der Waals surface area (Å²) in [6, 6.07) is 0.119. The minimum absolute atomic E-state index is 0.0313. The van der Waals surface area contributed by atoms with E-state index in [1.807, 2.05) is 4.90 Å². The number of nitrogens with one attached hydrogen (secondary N) is 1. The Morgan fingerprint density at radius 2 is 1.66 bits per heavy atom. The summed E-state index contributed by atoms with van der Waals surface area (Å²) in [6.45, 7) is 8.32. The van der Waals surface area contributed by atoms with Crippen molar-refractivity contribution in [3.8, 4) is 0 Å². The number of hydrogen-bond donors (Lipinski definition) is 2. The van der Waals surface area contributed by atoms with Crippen molar-refractivity contribution in [1.82, 2.24) is 15.1 Å². The van der Waals surface area contributed by atoms with Gasteiger partial charge >= 0.3 is 0 Å². The molecule has 11 atom stereocenters. The van der Waals surface area contributed by atoms with E-state index < -0.39 is 6.23 Å². The Hall–Kier alpha value is -1.55. The zero-order valence-electron chi connectivity index (χ0n) is 31.4. The highest BCUT2D eigenvalue weighted by Gasteiger charge is 2.63. The minimum Gasteiger partial charge on any atom is -0.393 e. The van der Waals surface area contributed by atoms with Crippen LogP contribution in [0.5, 0.6) is 0 Å². The Kier molecular flexibility index (Phi) is 16.1. The molecular formula is C37H65N3O10. The molecule has 50 heavy (non-hydrogen) atoms. The Morgan fingerprint density at radius 3 is 2.32 bits per heavy atom. The molecular weight excluding hydrogens is 646 g/mol. The number of aliphatic hydroxyl groups excluding tert-OH is 1. The second kappa shape index (κ2) is 19.5. The van der Waals surface area contributed by atoms with Crippen LogP contribution in [0.1, 0.15) is 97.8 Å². The largest absolute Gasteiger partial charge is 0.393 e. The predicted molar refractivity (Wildman–Crippen MR) is 184 cm³/mol. The van der Waals surface area contributed by atoms with E-state index in [9.17, 15) is 19.5 Å². The molecule has 0 aromatic rings. The van der Waals surface area contributed by atoms with Gasteiger partial charge in [-0.2, -0.15) is 0 Å². The van der Waals surface area contributed by atoms with Crippen LogP contribution in [0.3, 0.4) is 0 Å². The van der Waals surface area contributed by atoms with Crippen LogP contribution in [-0.4, -0.2) is 106 Å². The average molecular weight is 712 g/mol. The Balaban J connectivity index is 1.31. The maximum atomic E-state index is 13.3. The van der Waals surface area contributed by atoms with E-state index in [0.29, 0.717) is 61.4 Å². The molecule has 4 fully saturated rings. The van der Waals surface area contributed by atoms with E-state index >= 15 is 0 Å². The Bertz CT molecular complexity index is 1060. The fourth-order valence-electron chi connectivity index (χ4n) is 10.9. The van der Waals surface area contributed by atoms with Crippen LogP contribution < -0.4 is 5.32 Å². The number of rotatable bonds is 22. The van der Waals surface area contributed by atoms with Crippen molar-refractivity contribution >= 4 is 18.5 Å². The lowest BCUT2D eigenvalue weighted by atomic mass is 9.43. The number of carbonyl (C=O) groups excluding carboxylic acids is 3. The molecule has 4 aliphatic carbocycles. The lowest BCUT2D eigenvalue weighted by Crippen LogP contribution is -2.59. The molecule has 2 N–H and O–H groups in total. The van der Waals surface area contributed by atoms with Crippen LogP contribution in [0.4, 0.5) is 0 Å². The van der Waals surface area contributed by atoms with Crippen molar-refractivity contribution in [3.05, 3.63) is 0 Å². The first-order chi connectivity index (χ1) is 24.1. The minimum atomic E-state index is -0.610. The highest BCUT2D eigenvalue weighted by Crippen LogP contribution is 2.68. The second-order valence-electron chi connectivity index (χ2n) is 15.9. The zero-order chi connectivity index (χ0) is 36.3. The van der Waals surface area contributed by atoms with E-state index in [4.69, 9.17) is 29.3 Å². The molecule has 13 nitrogen and oxygen atoms in total. The van der Waals surface area contributed by atoms with Gasteiger partial charge in [-0.3, -0.25) is 14.6 Å². The maximum absolute atomic E-state index is 13.3. The zero-order valence-corrected chi connectivity index (χ0v) is 31.4. The molecule has 4 rings (SSSR count). The standard InChI is InChI=1S/C37H65N3O10/c1-26(8-7-20-41)30-11-12-31-29-10-9-27-22-28(15-16-36(27,2)32(29)23-33(43)37(30,31)3)38-34(44)13-14-35(50-47-6)40(19-21-42)18-17-39(24-48-45-4)25-49-46-5/h20-21,26-33,35,43H,7-19,22-25H2,1-6H3,(H,38,44)/t26?,27-,28+,29?,30-,31?,32?,33+,35-,36+,37-/m1/s1. The predicted octanol–water partition coefficient (Wildman–Crippen LogP) is 4.27. The van der Waals surface area contributed by atoms with Gasteiger partial charge in [-0.15, -0.1) is 0 Å². The number of nitrogens with zero attached hydrogens (tertiary/aromatic N) is 2. The molecule has 4 saturated carbocycles. The van der Waals surface area contributed by atoms with Gasteiger partial charge in [0.15, 0.2) is 0 Å². The summed E-state index contributed by atoms with van der Waals surface area (Å²) >= 11 is 0. The van der Waals surface area contributed by atoms with E-state index in [-0.39, 0.29) is 55.3 Å². The fourth-order valence-corrected chi connectivity index (χ4v) is 10.9. The number of aliphatic hydroxyl groups is 1. The molecule has 0 heterocycles. The van der Waals surface area contributed by atoms with Crippen LogP contribution in [0, 0.1) is 46.3 Å². The second-order valence-corrected chi connectivity index (χ2v) is 15.9. The fraction of sp³-hybridized carbons (Fsp3) is 0.919. The van der Waals surface area contributed by atoms with E-state index in [1.165, 1.54) is 40.6 Å². The van der Waals surface area contributed by atoms with Gasteiger partial charge in [0, 0.05) is 32.0 Å². The van der Waals surface area contributed by atoms with Crippen LogP contribution in [0.25, 0.3) is 0 Å². The third-order valence-electron chi connectivity index (χ3n) is 13.6. The van der Waals surface area contributed by atoms with Crippen molar-refractivity contribution in [2.24, 2.45) is 46.3 Å². The third-order valence-corrected chi connectivity index (χ3v) is 13.6. The molecule has 0 saturated heterocycles. The van der Waals surface area contributed by atoms with Crippen LogP contribution in [0.2, 0.25) is 0 Å². The summed E-state index contributed by atoms with van der Waals surface area (Å²) in [5, 5.41) is 15.2. The topological polar surface area (TPSA) is 145 Å². The summed E-state index contributed by atoms with van der Waals surface area (Å²) in [5.74, 6) is 3.09. The summed E-state index contributed by atoms with van der Waals surface area (Å²) in [5.41, 5.74) is 0.0939. The number of carbonyl (C=O) groups is 3. The summed E-state index contributed by atoms with van der Waals surface area (Å²) in [7, 11) is 4.25. The molecule has 288 valence electrons. The molecule has 0 radical (unpaired) electrons. The van der Waals surface area contributed by atoms with Crippen molar-refractivity contribution in [1.29, 1.82) is 0 Å². The molecule has 4 unspecified atom stereocenters. The first kappa shape index (κ1) is 41.2. The van der Waals surface area contributed by atoms with Gasteiger partial charge in [-0.05, 0) is 111 Å². The number of aldehydes is 2. The molecule has 4 aliphatic rings. The molecule has 0 aliphatic heterocycles. The van der Waals surface area contributed by atoms with Gasteiger partial charge in [0.2, 0.25) is 5.91 Å². The van der Waals surface area contributed by atoms with Gasteiger partial charge in [0.05, 0.1) is 34.0 Å². The molecule has 0 aromatic heterocycles. The highest BCUT2D eigenvalue weighted by molar-refractivity contribution is 5.76. The number of amides is 1. The van der Waals surface area contributed by atoms with Gasteiger partial charge in [-0.25, -0.2) is 29.3 Å². The average Bonchev–Trinajstić information content (AvgIpc) is 3.47. The van der Waals surface area contributed by atoms with Crippen molar-refractivity contribution in [2.75, 3.05) is 54.4 Å². The van der Waals surface area contributed by atoms with Crippen molar-refractivity contribution in [2.45, 2.75) is 116 Å². The monoisotopic (exact) mass is 711 g/mol. The lowest BCUT2D eigenvalue weighted by molar-refractivity contribution is -0.341. The van der Waals surface area contributed by atoms with Crippen molar-refractivity contribution in [3.63, 3.8) is 0 Å². The molecule has 0 spiro atoms. The molecule has 13 heteroatoms. The quantitative estimate of drug-likeness (QED) is 0.0716. The Morgan fingerprint density at radius 1 is 0.920 bits per heavy atom. The lowest BCUT2D eigenvalue weighted by Gasteiger charge is -2.62. The van der Waals surface area contributed by atoms with Crippen LogP contribution in [0.15, 0.2) is 0 Å². The van der Waals surface area contributed by atoms with E-state index in [2.05, 4.69) is 26.1 Å². The van der Waals surface area contributed by atoms with Crippen molar-refractivity contribution < 1.29 is 48.8 Å². The Labute approximate surface area is 299 Å². The first-order valence-corrected chi connectivity index (χ1v) is 18.9. The van der Waals surface area contributed by atoms with E-state index in [1.54, 1.807) is 4.90 Å². The summed E-state index contributed by atoms with van der Waals surface area (Å²) in [4.78, 5) is 69.6. The number of fused-ring (bicyclic) bond motifs is 5. The third kappa shape index (κ3) is 9.51. The maximum Gasteiger partial charge on any atom is 0.220 e. The number of hydrogen-bond acceptors (Lipinski definition) is 12. The van der Waals surface area contributed by atoms with E-state index in [0.717, 1.165) is 51.1 Å². The van der Waals surface area contributed by atoms with Crippen LogP contribution >= 0.6 is 0 Å². The molecule has 1 amide bonds. The summed E-state index contributed by atoms with van der Waals surface area (Å²) < 4.78 is 0. The highest BCUT2D eigenvalue weighted by atomic mass is 17.2. The van der Waals surface area contributed by atoms with Gasteiger partial charge in [0.25, 0.3) is 0 Å². The molecule has 0 bridgehead atoms. The SMILES string of the molecule is COOCN(CCN(CC=O)[C@@H](CCC(=O)N[C@H]1CC[C@]2(C)C3C[C@H](O)[C@@]4(C)C(CC[C@@H]4C(C)CCC=O)C3CC[C@@H]2C1)OOC)COOC.